The van der Waals surface area contributed by atoms with E-state index in [1.807, 2.05) is 54.8 Å². The van der Waals surface area contributed by atoms with Crippen LogP contribution in [0.25, 0.3) is 17.1 Å². The summed E-state index contributed by atoms with van der Waals surface area (Å²) in [5.41, 5.74) is 1.48. The van der Waals surface area contributed by atoms with Gasteiger partial charge in [0.25, 0.3) is 0 Å². The smallest absolute Gasteiger partial charge is 0.243 e. The van der Waals surface area contributed by atoms with Crippen LogP contribution in [0.2, 0.25) is 0 Å². The molecule has 0 saturated carbocycles. The Morgan fingerprint density at radius 1 is 1.09 bits per heavy atom. The number of rotatable bonds is 9. The van der Waals surface area contributed by atoms with Crippen LogP contribution in [0, 0.1) is 0 Å². The van der Waals surface area contributed by atoms with Gasteiger partial charge in [0.15, 0.2) is 11.0 Å². The van der Waals surface area contributed by atoms with Gasteiger partial charge in [-0.15, -0.1) is 10.2 Å². The van der Waals surface area contributed by atoms with Crippen molar-refractivity contribution in [2.24, 2.45) is 0 Å². The lowest BCUT2D eigenvalue weighted by Gasteiger charge is -2.16. The molecule has 8 nitrogen and oxygen atoms in total. The summed E-state index contributed by atoms with van der Waals surface area (Å²) < 4.78 is 29.6. The van der Waals surface area contributed by atoms with E-state index in [-0.39, 0.29) is 22.6 Å². The van der Waals surface area contributed by atoms with Crippen LogP contribution in [0.15, 0.2) is 64.6 Å². The molecule has 2 heterocycles. The number of hydrogen-bond acceptors (Lipinski definition) is 6. The molecule has 1 amide bonds. The van der Waals surface area contributed by atoms with Crippen molar-refractivity contribution in [2.45, 2.75) is 49.2 Å². The van der Waals surface area contributed by atoms with E-state index in [2.05, 4.69) is 15.5 Å². The number of nitrogens with zero attached hydrogens (tertiary/aromatic N) is 4. The van der Waals surface area contributed by atoms with Crippen LogP contribution in [0.5, 0.6) is 0 Å². The molecule has 4 rings (SSSR count). The number of thioether (sulfide) groups is 1. The monoisotopic (exact) mass is 499 g/mol. The standard InChI is InChI=1S/C24H29N5O3S2/c1-3-18(2)25-22(30)17-33-24-27-26-23(29(24)20-11-5-4-6-12-20)19-10-9-13-21(16-19)34(31,32)28-14-7-8-15-28/h4-6,9-13,16,18H,3,7-8,14-15,17H2,1-2H3,(H,25,30)/t18-/m0/s1. The Hall–Kier alpha value is -2.69. The maximum Gasteiger partial charge on any atom is 0.243 e. The van der Waals surface area contributed by atoms with Crippen molar-refractivity contribution < 1.29 is 13.2 Å². The normalized spacial score (nSPS) is 15.4. The third-order valence-electron chi connectivity index (χ3n) is 5.79. The van der Waals surface area contributed by atoms with Gasteiger partial charge in [0.2, 0.25) is 15.9 Å². The fourth-order valence-electron chi connectivity index (χ4n) is 3.78. The number of carbonyl (C=O) groups is 1. The van der Waals surface area contributed by atoms with E-state index in [1.165, 1.54) is 16.1 Å². The van der Waals surface area contributed by atoms with Gasteiger partial charge in [0, 0.05) is 30.4 Å². The van der Waals surface area contributed by atoms with E-state index >= 15 is 0 Å². The third-order valence-corrected chi connectivity index (χ3v) is 8.62. The summed E-state index contributed by atoms with van der Waals surface area (Å²) in [7, 11) is -3.56. The van der Waals surface area contributed by atoms with Crippen LogP contribution in [-0.4, -0.2) is 58.3 Å². The van der Waals surface area contributed by atoms with Crippen LogP contribution >= 0.6 is 11.8 Å². The highest BCUT2D eigenvalue weighted by atomic mass is 32.2. The molecule has 0 aliphatic carbocycles. The number of carbonyl (C=O) groups excluding carboxylic acids is 1. The Morgan fingerprint density at radius 3 is 2.53 bits per heavy atom. The zero-order valence-corrected chi connectivity index (χ0v) is 21.0. The van der Waals surface area contributed by atoms with E-state index < -0.39 is 10.0 Å². The molecular weight excluding hydrogens is 470 g/mol. The molecule has 34 heavy (non-hydrogen) atoms. The molecular formula is C24H29N5O3S2. The van der Waals surface area contributed by atoms with Gasteiger partial charge >= 0.3 is 0 Å². The number of hydrogen-bond donors (Lipinski definition) is 1. The maximum absolute atomic E-state index is 13.1. The lowest BCUT2D eigenvalue weighted by atomic mass is 10.2. The first-order valence-electron chi connectivity index (χ1n) is 11.4. The van der Waals surface area contributed by atoms with Crippen molar-refractivity contribution in [3.05, 3.63) is 54.6 Å². The van der Waals surface area contributed by atoms with E-state index in [1.54, 1.807) is 18.2 Å². The highest BCUT2D eigenvalue weighted by Gasteiger charge is 2.28. The Morgan fingerprint density at radius 2 is 1.82 bits per heavy atom. The molecule has 0 bridgehead atoms. The second kappa shape index (κ2) is 10.7. The lowest BCUT2D eigenvalue weighted by molar-refractivity contribution is -0.119. The third kappa shape index (κ3) is 5.34. The van der Waals surface area contributed by atoms with Crippen molar-refractivity contribution in [2.75, 3.05) is 18.8 Å². The van der Waals surface area contributed by atoms with Crippen molar-refractivity contribution in [1.29, 1.82) is 0 Å². The van der Waals surface area contributed by atoms with Gasteiger partial charge in [-0.3, -0.25) is 9.36 Å². The first-order valence-corrected chi connectivity index (χ1v) is 13.9. The highest BCUT2D eigenvalue weighted by Crippen LogP contribution is 2.30. The fraction of sp³-hybridized carbons (Fsp3) is 0.375. The number of benzene rings is 2. The topological polar surface area (TPSA) is 97.2 Å². The van der Waals surface area contributed by atoms with Crippen LogP contribution in [0.3, 0.4) is 0 Å². The zero-order chi connectivity index (χ0) is 24.1. The van der Waals surface area contributed by atoms with Crippen molar-refractivity contribution in [1.82, 2.24) is 24.4 Å². The second-order valence-corrected chi connectivity index (χ2v) is 11.2. The molecule has 1 saturated heterocycles. The van der Waals surface area contributed by atoms with E-state index in [0.717, 1.165) is 24.9 Å². The minimum atomic E-state index is -3.56. The number of nitrogens with one attached hydrogen (secondary N) is 1. The predicted molar refractivity (Wildman–Crippen MR) is 133 cm³/mol. The average molecular weight is 500 g/mol. The Bertz CT molecular complexity index is 1240. The first-order chi connectivity index (χ1) is 16.4. The van der Waals surface area contributed by atoms with Gasteiger partial charge in [0.1, 0.15) is 0 Å². The average Bonchev–Trinajstić information content (AvgIpc) is 3.54. The highest BCUT2D eigenvalue weighted by molar-refractivity contribution is 7.99. The number of sulfonamides is 1. The second-order valence-electron chi connectivity index (χ2n) is 8.28. The summed E-state index contributed by atoms with van der Waals surface area (Å²) in [4.78, 5) is 12.6. The van der Waals surface area contributed by atoms with E-state index in [0.29, 0.717) is 29.6 Å². The first kappa shape index (κ1) is 24.4. The Labute approximate surface area is 204 Å². The van der Waals surface area contributed by atoms with Crippen molar-refractivity contribution >= 4 is 27.7 Å². The minimum Gasteiger partial charge on any atom is -0.353 e. The molecule has 1 fully saturated rings. The fourth-order valence-corrected chi connectivity index (χ4v) is 6.11. The molecule has 1 aromatic heterocycles. The summed E-state index contributed by atoms with van der Waals surface area (Å²) in [6.07, 6.45) is 2.62. The van der Waals surface area contributed by atoms with Gasteiger partial charge in [-0.2, -0.15) is 4.31 Å². The molecule has 1 aliphatic heterocycles. The molecule has 0 unspecified atom stereocenters. The summed E-state index contributed by atoms with van der Waals surface area (Å²) in [5, 5.41) is 12.3. The lowest BCUT2D eigenvalue weighted by Crippen LogP contribution is -2.33. The van der Waals surface area contributed by atoms with Gasteiger partial charge in [-0.25, -0.2) is 8.42 Å². The van der Waals surface area contributed by atoms with E-state index in [9.17, 15) is 13.2 Å². The maximum atomic E-state index is 13.1. The largest absolute Gasteiger partial charge is 0.353 e. The van der Waals surface area contributed by atoms with E-state index in [4.69, 9.17) is 0 Å². The SMILES string of the molecule is CC[C@H](C)NC(=O)CSc1nnc(-c2cccc(S(=O)(=O)N3CCCC3)c2)n1-c1ccccc1. The number of para-hydroxylation sites is 1. The van der Waals surface area contributed by atoms with Crippen LogP contribution in [-0.2, 0) is 14.8 Å². The quantitative estimate of drug-likeness (QED) is 0.451. The molecule has 1 aliphatic rings. The van der Waals surface area contributed by atoms with Crippen LogP contribution in [0.1, 0.15) is 33.1 Å². The Balaban J connectivity index is 1.68. The molecule has 10 heteroatoms. The predicted octanol–water partition coefficient (Wildman–Crippen LogP) is 3.73. The molecule has 180 valence electrons. The summed E-state index contributed by atoms with van der Waals surface area (Å²) in [6.45, 7) is 5.09. The minimum absolute atomic E-state index is 0.0674. The number of aromatic nitrogens is 3. The number of amides is 1. The van der Waals surface area contributed by atoms with Gasteiger partial charge < -0.3 is 5.32 Å². The Kier molecular flexibility index (Phi) is 7.70. The van der Waals surface area contributed by atoms with Crippen molar-refractivity contribution in [3.8, 4) is 17.1 Å². The zero-order valence-electron chi connectivity index (χ0n) is 19.3. The van der Waals surface area contributed by atoms with Crippen molar-refractivity contribution in [3.63, 3.8) is 0 Å². The van der Waals surface area contributed by atoms with Crippen LogP contribution in [0.4, 0.5) is 0 Å². The molecule has 2 aromatic carbocycles. The summed E-state index contributed by atoms with van der Waals surface area (Å²) in [6, 6.07) is 16.6. The molecule has 1 N–H and O–H groups in total. The molecule has 3 aromatic rings. The van der Waals surface area contributed by atoms with Gasteiger partial charge in [-0.1, -0.05) is 49.0 Å². The van der Waals surface area contributed by atoms with Gasteiger partial charge in [0.05, 0.1) is 10.6 Å². The summed E-state index contributed by atoms with van der Waals surface area (Å²) in [5.74, 6) is 0.662. The van der Waals surface area contributed by atoms with Crippen LogP contribution < -0.4 is 5.32 Å². The molecule has 0 radical (unpaired) electrons. The molecule has 1 atom stereocenters. The molecule has 0 spiro atoms. The summed E-state index contributed by atoms with van der Waals surface area (Å²) >= 11 is 1.30. The van der Waals surface area contributed by atoms with Gasteiger partial charge in [-0.05, 0) is 50.5 Å².